The lowest BCUT2D eigenvalue weighted by Crippen LogP contribution is -2.14. The van der Waals surface area contributed by atoms with E-state index in [9.17, 15) is 13.2 Å². The van der Waals surface area contributed by atoms with Crippen LogP contribution >= 0.6 is 15.9 Å². The van der Waals surface area contributed by atoms with Crippen LogP contribution < -0.4 is 4.72 Å². The number of esters is 1. The predicted octanol–water partition coefficient (Wildman–Crippen LogP) is 3.13. The number of rotatable bonds is 5. The van der Waals surface area contributed by atoms with Crippen LogP contribution in [0, 0.1) is 6.92 Å². The molecule has 8 heteroatoms. The number of carbonyl (C=O) groups excluding carboxylic acids is 1. The van der Waals surface area contributed by atoms with Crippen molar-refractivity contribution >= 4 is 37.6 Å². The quantitative estimate of drug-likeness (QED) is 0.781. The molecule has 0 bridgehead atoms. The van der Waals surface area contributed by atoms with Crippen LogP contribution in [0.25, 0.3) is 0 Å². The highest BCUT2D eigenvalue weighted by Crippen LogP contribution is 2.26. The standard InChI is InChI=1S/C15H15BrN2O4S/c1-3-22-15(19)12-8-7-11(9-17-12)18-23(20,21)13-6-4-5-10(2)14(13)16/h4-9,18H,3H2,1-2H3. The van der Waals surface area contributed by atoms with Gasteiger partial charge >= 0.3 is 5.97 Å². The maximum atomic E-state index is 12.4. The van der Waals surface area contributed by atoms with Gasteiger partial charge in [0.05, 0.1) is 18.5 Å². The molecule has 0 unspecified atom stereocenters. The highest BCUT2D eigenvalue weighted by atomic mass is 79.9. The molecule has 1 aromatic heterocycles. The first-order chi connectivity index (χ1) is 10.8. The lowest BCUT2D eigenvalue weighted by Gasteiger charge is -2.11. The molecule has 0 saturated heterocycles. The molecule has 0 amide bonds. The second kappa shape index (κ2) is 7.10. The molecule has 0 fully saturated rings. The van der Waals surface area contributed by atoms with Crippen molar-refractivity contribution in [3.05, 3.63) is 52.3 Å². The molecule has 0 saturated carbocycles. The molecule has 0 radical (unpaired) electrons. The molecule has 6 nitrogen and oxygen atoms in total. The third kappa shape index (κ3) is 4.08. The zero-order valence-corrected chi connectivity index (χ0v) is 14.9. The van der Waals surface area contributed by atoms with Gasteiger partial charge in [0.15, 0.2) is 0 Å². The van der Waals surface area contributed by atoms with Crippen molar-refractivity contribution in [2.45, 2.75) is 18.7 Å². The predicted molar refractivity (Wildman–Crippen MR) is 89.9 cm³/mol. The first-order valence-corrected chi connectivity index (χ1v) is 9.04. The first kappa shape index (κ1) is 17.4. The molecule has 122 valence electrons. The number of hydrogen-bond acceptors (Lipinski definition) is 5. The summed E-state index contributed by atoms with van der Waals surface area (Å²) in [4.78, 5) is 15.5. The molecule has 0 aliphatic heterocycles. The van der Waals surface area contributed by atoms with E-state index in [1.807, 2.05) is 0 Å². The SMILES string of the molecule is CCOC(=O)c1ccc(NS(=O)(=O)c2cccc(C)c2Br)cn1. The molecular weight excluding hydrogens is 384 g/mol. The van der Waals surface area contributed by atoms with Gasteiger partial charge in [-0.25, -0.2) is 18.2 Å². The Morgan fingerprint density at radius 1 is 1.30 bits per heavy atom. The van der Waals surface area contributed by atoms with Crippen LogP contribution in [0.15, 0.2) is 45.9 Å². The second-order valence-electron chi connectivity index (χ2n) is 4.65. The summed E-state index contributed by atoms with van der Waals surface area (Å²) in [5.41, 5.74) is 1.18. The monoisotopic (exact) mass is 398 g/mol. The number of nitrogens with zero attached hydrogens (tertiary/aromatic N) is 1. The largest absolute Gasteiger partial charge is 0.461 e. The Kier molecular flexibility index (Phi) is 5.38. The maximum Gasteiger partial charge on any atom is 0.356 e. The topological polar surface area (TPSA) is 85.4 Å². The van der Waals surface area contributed by atoms with E-state index >= 15 is 0 Å². The number of sulfonamides is 1. The van der Waals surface area contributed by atoms with Gasteiger partial charge in [0.25, 0.3) is 10.0 Å². The Bertz CT molecular complexity index is 820. The zero-order valence-electron chi connectivity index (χ0n) is 12.5. The van der Waals surface area contributed by atoms with Crippen LogP contribution in [0.1, 0.15) is 23.0 Å². The summed E-state index contributed by atoms with van der Waals surface area (Å²) in [7, 11) is -3.76. The molecular formula is C15H15BrN2O4S. The lowest BCUT2D eigenvalue weighted by atomic mass is 10.2. The van der Waals surface area contributed by atoms with E-state index in [2.05, 4.69) is 25.6 Å². The van der Waals surface area contributed by atoms with Crippen molar-refractivity contribution < 1.29 is 17.9 Å². The Labute approximate surface area is 143 Å². The number of aryl methyl sites for hydroxylation is 1. The normalized spacial score (nSPS) is 11.1. The minimum Gasteiger partial charge on any atom is -0.461 e. The Morgan fingerprint density at radius 2 is 2.04 bits per heavy atom. The van der Waals surface area contributed by atoms with Crippen LogP contribution in [0.4, 0.5) is 5.69 Å². The second-order valence-corrected chi connectivity index (χ2v) is 7.09. The van der Waals surface area contributed by atoms with Crippen LogP contribution in [-0.2, 0) is 14.8 Å². The Hall–Kier alpha value is -1.93. The summed E-state index contributed by atoms with van der Waals surface area (Å²) in [5, 5.41) is 0. The van der Waals surface area contributed by atoms with E-state index < -0.39 is 16.0 Å². The summed E-state index contributed by atoms with van der Waals surface area (Å²) >= 11 is 3.28. The van der Waals surface area contributed by atoms with Crippen molar-refractivity contribution in [2.75, 3.05) is 11.3 Å². The number of benzene rings is 1. The van der Waals surface area contributed by atoms with Gasteiger partial charge in [0.2, 0.25) is 0 Å². The van der Waals surface area contributed by atoms with Gasteiger partial charge in [-0.15, -0.1) is 0 Å². The Balaban J connectivity index is 2.24. The third-order valence-electron chi connectivity index (χ3n) is 2.95. The molecule has 1 aromatic carbocycles. The van der Waals surface area contributed by atoms with E-state index in [1.165, 1.54) is 24.4 Å². The summed E-state index contributed by atoms with van der Waals surface area (Å²) in [6, 6.07) is 7.83. The van der Waals surface area contributed by atoms with E-state index in [4.69, 9.17) is 4.74 Å². The number of halogens is 1. The molecule has 0 atom stereocenters. The zero-order chi connectivity index (χ0) is 17.0. The Morgan fingerprint density at radius 3 is 2.65 bits per heavy atom. The van der Waals surface area contributed by atoms with Crippen molar-refractivity contribution in [2.24, 2.45) is 0 Å². The highest BCUT2D eigenvalue weighted by molar-refractivity contribution is 9.10. The van der Waals surface area contributed by atoms with E-state index in [0.717, 1.165) is 5.56 Å². The molecule has 0 spiro atoms. The molecule has 0 aliphatic carbocycles. The number of anilines is 1. The smallest absolute Gasteiger partial charge is 0.356 e. The van der Waals surface area contributed by atoms with Gasteiger partial charge in [-0.1, -0.05) is 12.1 Å². The summed E-state index contributed by atoms with van der Waals surface area (Å²) < 4.78 is 32.6. The van der Waals surface area contributed by atoms with Crippen LogP contribution in [-0.4, -0.2) is 26.0 Å². The maximum absolute atomic E-state index is 12.4. The lowest BCUT2D eigenvalue weighted by molar-refractivity contribution is 0.0519. The fourth-order valence-electron chi connectivity index (χ4n) is 1.82. The van der Waals surface area contributed by atoms with Gasteiger partial charge in [-0.3, -0.25) is 4.72 Å². The minimum atomic E-state index is -3.76. The van der Waals surface area contributed by atoms with Gasteiger partial charge in [-0.05, 0) is 53.5 Å². The average molecular weight is 399 g/mol. The van der Waals surface area contributed by atoms with Gasteiger partial charge in [0.1, 0.15) is 10.6 Å². The van der Waals surface area contributed by atoms with Crippen LogP contribution in [0.3, 0.4) is 0 Å². The van der Waals surface area contributed by atoms with Crippen molar-refractivity contribution in [3.63, 3.8) is 0 Å². The minimum absolute atomic E-state index is 0.117. The fraction of sp³-hybridized carbons (Fsp3) is 0.200. The van der Waals surface area contributed by atoms with Gasteiger partial charge in [0, 0.05) is 4.47 Å². The third-order valence-corrected chi connectivity index (χ3v) is 5.68. The van der Waals surface area contributed by atoms with Crippen LogP contribution in [0.2, 0.25) is 0 Å². The number of nitrogens with one attached hydrogen (secondary N) is 1. The first-order valence-electron chi connectivity index (χ1n) is 6.76. The van der Waals surface area contributed by atoms with E-state index in [-0.39, 0.29) is 22.9 Å². The average Bonchev–Trinajstić information content (AvgIpc) is 2.50. The molecule has 1 N–H and O–H groups in total. The van der Waals surface area contributed by atoms with E-state index in [0.29, 0.717) is 4.47 Å². The molecule has 2 rings (SSSR count). The van der Waals surface area contributed by atoms with Gasteiger partial charge in [-0.2, -0.15) is 0 Å². The molecule has 23 heavy (non-hydrogen) atoms. The number of aromatic nitrogens is 1. The van der Waals surface area contributed by atoms with Crippen LogP contribution in [0.5, 0.6) is 0 Å². The summed E-state index contributed by atoms with van der Waals surface area (Å²) in [6.45, 7) is 3.75. The summed E-state index contributed by atoms with van der Waals surface area (Å²) in [6.07, 6.45) is 1.27. The number of hydrogen-bond donors (Lipinski definition) is 1. The van der Waals surface area contributed by atoms with Crippen molar-refractivity contribution in [1.82, 2.24) is 4.98 Å². The summed E-state index contributed by atoms with van der Waals surface area (Å²) in [5.74, 6) is -0.552. The molecule has 0 aliphatic rings. The van der Waals surface area contributed by atoms with Crippen molar-refractivity contribution in [3.8, 4) is 0 Å². The molecule has 2 aromatic rings. The number of pyridine rings is 1. The molecule has 1 heterocycles. The fourth-order valence-corrected chi connectivity index (χ4v) is 3.92. The van der Waals surface area contributed by atoms with Crippen molar-refractivity contribution in [1.29, 1.82) is 0 Å². The highest BCUT2D eigenvalue weighted by Gasteiger charge is 2.19. The number of ether oxygens (including phenoxy) is 1. The van der Waals surface area contributed by atoms with E-state index in [1.54, 1.807) is 26.0 Å². The van der Waals surface area contributed by atoms with Gasteiger partial charge < -0.3 is 4.74 Å². The number of carbonyl (C=O) groups is 1.